The van der Waals surface area contributed by atoms with Gasteiger partial charge in [-0.2, -0.15) is 0 Å². The van der Waals surface area contributed by atoms with Crippen molar-refractivity contribution >= 4 is 11.8 Å². The molecule has 0 aromatic rings. The molecule has 0 spiro atoms. The Morgan fingerprint density at radius 2 is 1.68 bits per heavy atom. The van der Waals surface area contributed by atoms with Gasteiger partial charge in [0.1, 0.15) is 18.1 Å². The van der Waals surface area contributed by atoms with Crippen LogP contribution in [0.5, 0.6) is 0 Å². The lowest BCUT2D eigenvalue weighted by Gasteiger charge is -2.48. The van der Waals surface area contributed by atoms with E-state index < -0.39 is 41.4 Å². The van der Waals surface area contributed by atoms with E-state index in [4.69, 9.17) is 18.9 Å². The van der Waals surface area contributed by atoms with Crippen LogP contribution in [0.25, 0.3) is 0 Å². The van der Waals surface area contributed by atoms with E-state index in [-0.39, 0.29) is 41.9 Å². The minimum atomic E-state index is -1.40. The minimum absolute atomic E-state index is 0.0396. The number of methoxy groups -OCH3 is 1. The normalized spacial score (nSPS) is 39.2. The van der Waals surface area contributed by atoms with Gasteiger partial charge in [-0.15, -0.1) is 0 Å². The van der Waals surface area contributed by atoms with Gasteiger partial charge in [0.05, 0.1) is 17.8 Å². The van der Waals surface area contributed by atoms with Gasteiger partial charge in [-0.3, -0.25) is 14.5 Å². The number of Topliss-reactive ketones (excluding diaryl/α,β-unsaturated/α-hetero) is 1. The number of likely N-dealkylation sites (N-methyl/N-ethyl adjacent to an activating group) is 2. The molecule has 1 N–H and O–H groups in total. The van der Waals surface area contributed by atoms with Crippen molar-refractivity contribution in [2.45, 2.75) is 117 Å². The first-order valence-electron chi connectivity index (χ1n) is 16.5. The molecule has 10 heteroatoms. The highest BCUT2D eigenvalue weighted by Crippen LogP contribution is 2.39. The van der Waals surface area contributed by atoms with Crippen molar-refractivity contribution in [1.82, 2.24) is 14.7 Å². The number of aliphatic hydroxyl groups excluding tert-OH is 1. The molecule has 3 saturated heterocycles. The molecule has 3 aliphatic heterocycles. The van der Waals surface area contributed by atoms with E-state index in [0.29, 0.717) is 18.8 Å². The first-order chi connectivity index (χ1) is 20.2. The third-order valence-electron chi connectivity index (χ3n) is 10.2. The molecule has 10 nitrogen and oxygen atoms in total. The first kappa shape index (κ1) is 37.3. The van der Waals surface area contributed by atoms with Gasteiger partial charge in [0.2, 0.25) is 0 Å². The summed E-state index contributed by atoms with van der Waals surface area (Å²) >= 11 is 0. The molecule has 0 radical (unpaired) electrons. The SMILES string of the molecule is CO[C@]1(C)C[C@@H](C)CN(C)[C@H](C2CN(CC(C)(C)C)C2)COC(=O)C(C)(C)C(=O)[C@H](C)[C@H]1O[C@@H]1O[C@H](C)C[C@H](N(C)C)[C@H]1O. The van der Waals surface area contributed by atoms with Crippen molar-refractivity contribution in [3.63, 3.8) is 0 Å². The maximum Gasteiger partial charge on any atom is 0.319 e. The molecule has 0 aliphatic carbocycles. The Hall–Kier alpha value is -1.14. The number of rotatable bonds is 6. The highest BCUT2D eigenvalue weighted by molar-refractivity contribution is 6.04. The van der Waals surface area contributed by atoms with E-state index in [1.807, 2.05) is 32.8 Å². The van der Waals surface area contributed by atoms with Crippen molar-refractivity contribution in [1.29, 1.82) is 0 Å². The number of likely N-dealkylation sites (tertiary alicyclic amines) is 1. The molecule has 0 bridgehead atoms. The highest BCUT2D eigenvalue weighted by Gasteiger charge is 2.52. The second-order valence-corrected chi connectivity index (χ2v) is 16.4. The number of nitrogens with zero attached hydrogens (tertiary/aromatic N) is 3. The quantitative estimate of drug-likeness (QED) is 0.350. The summed E-state index contributed by atoms with van der Waals surface area (Å²) in [5.74, 6) is -1.02. The summed E-state index contributed by atoms with van der Waals surface area (Å²) in [6, 6.07) is -0.127. The Kier molecular flexibility index (Phi) is 12.1. The van der Waals surface area contributed by atoms with E-state index in [0.717, 1.165) is 26.2 Å². The zero-order valence-electron chi connectivity index (χ0n) is 29.9. The summed E-state index contributed by atoms with van der Waals surface area (Å²) in [4.78, 5) is 34.6. The van der Waals surface area contributed by atoms with Gasteiger partial charge < -0.3 is 33.9 Å². The van der Waals surface area contributed by atoms with Crippen LogP contribution in [-0.4, -0.2) is 135 Å². The maximum atomic E-state index is 14.2. The first-order valence-corrected chi connectivity index (χ1v) is 16.5. The number of ether oxygens (including phenoxy) is 4. The fourth-order valence-corrected chi connectivity index (χ4v) is 7.71. The van der Waals surface area contributed by atoms with Crippen LogP contribution >= 0.6 is 0 Å². The average molecular weight is 626 g/mol. The fourth-order valence-electron chi connectivity index (χ4n) is 7.71. The molecule has 0 amide bonds. The highest BCUT2D eigenvalue weighted by atomic mass is 16.7. The molecule has 44 heavy (non-hydrogen) atoms. The lowest BCUT2D eigenvalue weighted by molar-refractivity contribution is -0.295. The standard InChI is InChI=1S/C34H63N3O7/c1-21-15-34(9,41-13)29(44-30-27(38)25(35(10)11)14-22(2)43-30)23(3)28(39)33(7,8)31(40)42-19-26(36(12)16-21)24-17-37(18-24)20-32(4,5)6/h21-27,29-30,38H,14-20H2,1-13H3/t21-,22-,23+,25+,26+,27-,29-,30+,34-/m1/s1. The van der Waals surface area contributed by atoms with Gasteiger partial charge in [-0.25, -0.2) is 0 Å². The Morgan fingerprint density at radius 1 is 1.07 bits per heavy atom. The third kappa shape index (κ3) is 8.60. The minimum Gasteiger partial charge on any atom is -0.463 e. The predicted octanol–water partition coefficient (Wildman–Crippen LogP) is 3.30. The number of hydrogen-bond acceptors (Lipinski definition) is 10. The number of aliphatic hydroxyl groups is 1. The number of carbonyl (C=O) groups is 2. The Morgan fingerprint density at radius 3 is 2.23 bits per heavy atom. The summed E-state index contributed by atoms with van der Waals surface area (Å²) in [6.07, 6.45) is -1.55. The van der Waals surface area contributed by atoms with Crippen molar-refractivity contribution in [3.8, 4) is 0 Å². The van der Waals surface area contributed by atoms with Gasteiger partial charge in [-0.05, 0) is 73.0 Å². The molecule has 3 rings (SSSR count). The molecule has 0 saturated carbocycles. The van der Waals surface area contributed by atoms with Gasteiger partial charge in [0.25, 0.3) is 0 Å². The van der Waals surface area contributed by atoms with Gasteiger partial charge >= 0.3 is 5.97 Å². The lowest BCUT2D eigenvalue weighted by Crippen LogP contribution is -2.59. The molecule has 0 aromatic carbocycles. The van der Waals surface area contributed by atoms with Crippen LogP contribution in [0.4, 0.5) is 0 Å². The van der Waals surface area contributed by atoms with Crippen LogP contribution < -0.4 is 0 Å². The van der Waals surface area contributed by atoms with E-state index in [1.165, 1.54) is 0 Å². The third-order valence-corrected chi connectivity index (χ3v) is 10.2. The molecule has 0 unspecified atom stereocenters. The van der Waals surface area contributed by atoms with E-state index in [1.54, 1.807) is 27.9 Å². The van der Waals surface area contributed by atoms with Crippen molar-refractivity contribution < 1.29 is 33.6 Å². The summed E-state index contributed by atoms with van der Waals surface area (Å²) < 4.78 is 25.0. The number of ketones is 1. The van der Waals surface area contributed by atoms with Crippen LogP contribution in [0.15, 0.2) is 0 Å². The summed E-state index contributed by atoms with van der Waals surface area (Å²) in [5.41, 5.74) is -2.09. The second kappa shape index (κ2) is 14.3. The van der Waals surface area contributed by atoms with Crippen molar-refractivity contribution in [2.75, 3.05) is 61.0 Å². The predicted molar refractivity (Wildman–Crippen MR) is 171 cm³/mol. The second-order valence-electron chi connectivity index (χ2n) is 16.4. The molecule has 3 aliphatic rings. The molecule has 3 fully saturated rings. The Labute approximate surface area is 267 Å². The smallest absolute Gasteiger partial charge is 0.319 e. The fraction of sp³-hybridized carbons (Fsp3) is 0.941. The Bertz CT molecular complexity index is 978. The number of hydrogen-bond donors (Lipinski definition) is 1. The average Bonchev–Trinajstić information content (AvgIpc) is 2.89. The van der Waals surface area contributed by atoms with Crippen LogP contribution in [0.2, 0.25) is 0 Å². The zero-order valence-corrected chi connectivity index (χ0v) is 29.9. The molecule has 3 heterocycles. The monoisotopic (exact) mass is 625 g/mol. The summed E-state index contributed by atoms with van der Waals surface area (Å²) in [7, 11) is 7.61. The topological polar surface area (TPSA) is 101 Å². The number of esters is 1. The lowest BCUT2D eigenvalue weighted by atomic mass is 9.74. The van der Waals surface area contributed by atoms with E-state index >= 15 is 0 Å². The maximum absolute atomic E-state index is 14.2. The molecular weight excluding hydrogens is 562 g/mol. The van der Waals surface area contributed by atoms with E-state index in [2.05, 4.69) is 44.5 Å². The van der Waals surface area contributed by atoms with Crippen LogP contribution in [0, 0.1) is 28.6 Å². The van der Waals surface area contributed by atoms with Gasteiger partial charge in [-0.1, -0.05) is 34.6 Å². The molecule has 256 valence electrons. The number of cyclic esters (lactones) is 1. The molecular formula is C34H63N3O7. The van der Waals surface area contributed by atoms with Gasteiger partial charge in [0, 0.05) is 57.2 Å². The zero-order chi connectivity index (χ0) is 33.4. The molecule has 0 aromatic heterocycles. The van der Waals surface area contributed by atoms with Crippen molar-refractivity contribution in [2.24, 2.45) is 28.6 Å². The Balaban J connectivity index is 1.93. The van der Waals surface area contributed by atoms with E-state index in [9.17, 15) is 14.7 Å². The summed E-state index contributed by atoms with van der Waals surface area (Å²) in [5, 5.41) is 11.3. The largest absolute Gasteiger partial charge is 0.463 e. The van der Waals surface area contributed by atoms with Crippen LogP contribution in [0.1, 0.15) is 75.2 Å². The van der Waals surface area contributed by atoms with Crippen molar-refractivity contribution in [3.05, 3.63) is 0 Å². The number of carbonyl (C=O) groups excluding carboxylic acids is 2. The van der Waals surface area contributed by atoms with Gasteiger partial charge in [0.15, 0.2) is 12.1 Å². The molecule has 9 atom stereocenters. The summed E-state index contributed by atoms with van der Waals surface area (Å²) in [6.45, 7) is 21.9. The van der Waals surface area contributed by atoms with Crippen LogP contribution in [-0.2, 0) is 28.5 Å². The van der Waals surface area contributed by atoms with Crippen LogP contribution in [0.3, 0.4) is 0 Å².